The van der Waals surface area contributed by atoms with Crippen LogP contribution in [-0.2, 0) is 6.42 Å². The van der Waals surface area contributed by atoms with Gasteiger partial charge >= 0.3 is 0 Å². The number of hydrogen-bond acceptors (Lipinski definition) is 2. The number of hydrogen-bond donors (Lipinski definition) is 1. The molecule has 3 heteroatoms. The average Bonchev–Trinajstić information content (AvgIpc) is 2.07. The van der Waals surface area contributed by atoms with Crippen LogP contribution in [0.1, 0.15) is 34.2 Å². The third-order valence-electron chi connectivity index (χ3n) is 2.11. The molecule has 0 aromatic carbocycles. The molecule has 70 valence electrons. The summed E-state index contributed by atoms with van der Waals surface area (Å²) >= 11 is 0. The molecule has 1 heterocycles. The molecule has 2 N–H and O–H groups in total. The Morgan fingerprint density at radius 3 is 2.62 bits per heavy atom. The zero-order valence-electron chi connectivity index (χ0n) is 8.22. The number of pyridine rings is 1. The summed E-state index contributed by atoms with van der Waals surface area (Å²) in [5.74, 6) is -0.407. The number of carbonyl (C=O) groups is 1. The van der Waals surface area contributed by atoms with Crippen LogP contribution in [0.4, 0.5) is 0 Å². The van der Waals surface area contributed by atoms with Crippen molar-refractivity contribution in [1.29, 1.82) is 0 Å². The van der Waals surface area contributed by atoms with Crippen molar-refractivity contribution in [3.8, 4) is 0 Å². The molecular formula is C10H14N2O. The Labute approximate surface area is 78.0 Å². The van der Waals surface area contributed by atoms with E-state index in [1.54, 1.807) is 6.92 Å². The van der Waals surface area contributed by atoms with Crippen molar-refractivity contribution in [2.75, 3.05) is 0 Å². The maximum Gasteiger partial charge on any atom is 0.250 e. The van der Waals surface area contributed by atoms with E-state index in [0.29, 0.717) is 5.56 Å². The zero-order chi connectivity index (χ0) is 10.0. The lowest BCUT2D eigenvalue weighted by Gasteiger charge is -2.06. The van der Waals surface area contributed by atoms with Crippen molar-refractivity contribution < 1.29 is 4.79 Å². The molecule has 0 spiro atoms. The molecule has 13 heavy (non-hydrogen) atoms. The average molecular weight is 178 g/mol. The van der Waals surface area contributed by atoms with Gasteiger partial charge in [-0.2, -0.15) is 0 Å². The number of rotatable bonds is 2. The number of primary amides is 1. The van der Waals surface area contributed by atoms with E-state index in [0.717, 1.165) is 23.4 Å². The first-order valence-electron chi connectivity index (χ1n) is 4.33. The third kappa shape index (κ3) is 1.86. The molecule has 0 saturated heterocycles. The van der Waals surface area contributed by atoms with E-state index in [4.69, 9.17) is 5.73 Å². The predicted molar refractivity (Wildman–Crippen MR) is 51.6 cm³/mol. The molecule has 0 fully saturated rings. The fraction of sp³-hybridized carbons (Fsp3) is 0.400. The van der Waals surface area contributed by atoms with E-state index in [1.807, 2.05) is 19.9 Å². The molecular weight excluding hydrogens is 164 g/mol. The maximum absolute atomic E-state index is 11.0. The monoisotopic (exact) mass is 178 g/mol. The Hall–Kier alpha value is -1.38. The molecule has 1 aromatic heterocycles. The van der Waals surface area contributed by atoms with Crippen molar-refractivity contribution in [1.82, 2.24) is 4.98 Å². The topological polar surface area (TPSA) is 56.0 Å². The number of nitrogens with two attached hydrogens (primary N) is 1. The van der Waals surface area contributed by atoms with E-state index in [-0.39, 0.29) is 0 Å². The molecule has 0 atom stereocenters. The minimum Gasteiger partial charge on any atom is -0.366 e. The molecule has 0 aliphatic heterocycles. The lowest BCUT2D eigenvalue weighted by molar-refractivity contribution is 0.0999. The molecule has 0 saturated carbocycles. The molecule has 0 aliphatic carbocycles. The van der Waals surface area contributed by atoms with Gasteiger partial charge in [0.1, 0.15) is 0 Å². The molecule has 0 bridgehead atoms. The quantitative estimate of drug-likeness (QED) is 0.743. The third-order valence-corrected chi connectivity index (χ3v) is 2.11. The summed E-state index contributed by atoms with van der Waals surface area (Å²) in [7, 11) is 0. The summed E-state index contributed by atoms with van der Waals surface area (Å²) in [5, 5.41) is 0. The maximum atomic E-state index is 11.0. The van der Waals surface area contributed by atoms with E-state index < -0.39 is 5.91 Å². The second-order valence-electron chi connectivity index (χ2n) is 3.10. The van der Waals surface area contributed by atoms with Gasteiger partial charge in [0, 0.05) is 5.69 Å². The smallest absolute Gasteiger partial charge is 0.250 e. The van der Waals surface area contributed by atoms with E-state index in [1.165, 1.54) is 0 Å². The van der Waals surface area contributed by atoms with Gasteiger partial charge in [-0.3, -0.25) is 9.78 Å². The van der Waals surface area contributed by atoms with Gasteiger partial charge in [0.05, 0.1) is 11.3 Å². The molecule has 0 aliphatic rings. The first kappa shape index (κ1) is 9.71. The molecule has 0 radical (unpaired) electrons. The molecule has 1 amide bonds. The number of nitrogens with zero attached hydrogens (tertiary/aromatic N) is 1. The highest BCUT2D eigenvalue weighted by molar-refractivity contribution is 5.94. The van der Waals surface area contributed by atoms with Gasteiger partial charge in [-0.15, -0.1) is 0 Å². The Morgan fingerprint density at radius 1 is 1.54 bits per heavy atom. The second-order valence-corrected chi connectivity index (χ2v) is 3.10. The van der Waals surface area contributed by atoms with Crippen LogP contribution in [0.25, 0.3) is 0 Å². The van der Waals surface area contributed by atoms with Gasteiger partial charge < -0.3 is 5.73 Å². The van der Waals surface area contributed by atoms with Crippen molar-refractivity contribution in [2.24, 2.45) is 5.73 Å². The number of aromatic nitrogens is 1. The normalized spacial score (nSPS) is 10.1. The summed E-state index contributed by atoms with van der Waals surface area (Å²) in [6.07, 6.45) is 0.881. The summed E-state index contributed by atoms with van der Waals surface area (Å²) in [6, 6.07) is 1.81. The molecule has 3 nitrogen and oxygen atoms in total. The van der Waals surface area contributed by atoms with Crippen molar-refractivity contribution in [3.05, 3.63) is 28.6 Å². The summed E-state index contributed by atoms with van der Waals surface area (Å²) in [6.45, 7) is 5.79. The lowest BCUT2D eigenvalue weighted by atomic mass is 10.1. The first-order chi connectivity index (χ1) is 6.06. The molecule has 1 aromatic rings. The van der Waals surface area contributed by atoms with Crippen LogP contribution in [0.5, 0.6) is 0 Å². The fourth-order valence-electron chi connectivity index (χ4n) is 1.36. The van der Waals surface area contributed by atoms with Gasteiger partial charge in [-0.05, 0) is 31.9 Å². The van der Waals surface area contributed by atoms with Crippen LogP contribution in [0.2, 0.25) is 0 Å². The fourth-order valence-corrected chi connectivity index (χ4v) is 1.36. The SMILES string of the molecule is CCc1nc(C)c(C(N)=O)cc1C. The van der Waals surface area contributed by atoms with Gasteiger partial charge in [0.2, 0.25) is 0 Å². The Balaban J connectivity index is 3.28. The van der Waals surface area contributed by atoms with E-state index >= 15 is 0 Å². The van der Waals surface area contributed by atoms with Crippen LogP contribution in [-0.4, -0.2) is 10.9 Å². The Kier molecular flexibility index (Phi) is 2.66. The van der Waals surface area contributed by atoms with Crippen LogP contribution >= 0.6 is 0 Å². The van der Waals surface area contributed by atoms with Crippen molar-refractivity contribution in [2.45, 2.75) is 27.2 Å². The van der Waals surface area contributed by atoms with Crippen molar-refractivity contribution >= 4 is 5.91 Å². The first-order valence-corrected chi connectivity index (χ1v) is 4.33. The molecule has 0 unspecified atom stereocenters. The Bertz CT molecular complexity index is 345. The minimum atomic E-state index is -0.407. The van der Waals surface area contributed by atoms with Crippen LogP contribution in [0, 0.1) is 13.8 Å². The van der Waals surface area contributed by atoms with E-state index in [2.05, 4.69) is 4.98 Å². The van der Waals surface area contributed by atoms with Crippen molar-refractivity contribution in [3.63, 3.8) is 0 Å². The summed E-state index contributed by atoms with van der Waals surface area (Å²) < 4.78 is 0. The highest BCUT2D eigenvalue weighted by Gasteiger charge is 2.08. The second kappa shape index (κ2) is 3.56. The number of aryl methyl sites for hydroxylation is 3. The lowest BCUT2D eigenvalue weighted by Crippen LogP contribution is -2.14. The predicted octanol–water partition coefficient (Wildman–Crippen LogP) is 1.36. The van der Waals surface area contributed by atoms with Crippen LogP contribution in [0.3, 0.4) is 0 Å². The van der Waals surface area contributed by atoms with Gasteiger partial charge in [-0.25, -0.2) is 0 Å². The summed E-state index contributed by atoms with van der Waals surface area (Å²) in [5.41, 5.74) is 8.50. The highest BCUT2D eigenvalue weighted by Crippen LogP contribution is 2.12. The van der Waals surface area contributed by atoms with Crippen LogP contribution < -0.4 is 5.73 Å². The van der Waals surface area contributed by atoms with Gasteiger partial charge in [-0.1, -0.05) is 6.92 Å². The number of carbonyl (C=O) groups excluding carboxylic acids is 1. The minimum absolute atomic E-state index is 0.407. The summed E-state index contributed by atoms with van der Waals surface area (Å²) in [4.78, 5) is 15.3. The van der Waals surface area contributed by atoms with Crippen LogP contribution in [0.15, 0.2) is 6.07 Å². The number of amides is 1. The van der Waals surface area contributed by atoms with E-state index in [9.17, 15) is 4.79 Å². The largest absolute Gasteiger partial charge is 0.366 e. The van der Waals surface area contributed by atoms with Gasteiger partial charge in [0.15, 0.2) is 0 Å². The zero-order valence-corrected chi connectivity index (χ0v) is 8.22. The highest BCUT2D eigenvalue weighted by atomic mass is 16.1. The molecule has 1 rings (SSSR count). The Morgan fingerprint density at radius 2 is 2.15 bits per heavy atom. The van der Waals surface area contributed by atoms with Gasteiger partial charge in [0.25, 0.3) is 5.91 Å². The standard InChI is InChI=1S/C10H14N2O/c1-4-9-6(2)5-8(10(11)13)7(3)12-9/h5H,4H2,1-3H3,(H2,11,13).